The maximum absolute atomic E-state index is 9.35. The van der Waals surface area contributed by atoms with E-state index < -0.39 is 0 Å². The largest absolute Gasteiger partial charge is 0.493 e. The minimum absolute atomic E-state index is 0.0201. The predicted octanol–water partition coefficient (Wildman–Crippen LogP) is 2.85. The smallest absolute Gasteiger partial charge is 0.134 e. The van der Waals surface area contributed by atoms with E-state index in [0.29, 0.717) is 6.61 Å². The highest BCUT2D eigenvalue weighted by Gasteiger charge is 2.10. The summed E-state index contributed by atoms with van der Waals surface area (Å²) in [6.07, 6.45) is 4.16. The van der Waals surface area contributed by atoms with Crippen molar-refractivity contribution in [2.75, 3.05) is 6.61 Å². The molecule has 3 heteroatoms. The molecule has 0 aliphatic rings. The van der Waals surface area contributed by atoms with Gasteiger partial charge in [-0.1, -0.05) is 19.4 Å². The van der Waals surface area contributed by atoms with Crippen molar-refractivity contribution in [3.63, 3.8) is 0 Å². The maximum Gasteiger partial charge on any atom is 0.134 e. The molecule has 0 spiro atoms. The van der Waals surface area contributed by atoms with Crippen molar-refractivity contribution in [3.8, 4) is 5.75 Å². The summed E-state index contributed by atoms with van der Waals surface area (Å²) in [4.78, 5) is 0. The second kappa shape index (κ2) is 5.23. The standard InChI is InChI=1S/C14H19NO2/c1-3-4-9-17-14-11(10-16)5-6-13-12(14)7-8-15(13)2/h5-8,16H,3-4,9-10H2,1-2H3. The molecule has 2 rings (SSSR count). The highest BCUT2D eigenvalue weighted by atomic mass is 16.5. The highest BCUT2D eigenvalue weighted by molar-refractivity contribution is 5.87. The molecule has 2 aromatic rings. The molecule has 0 aliphatic heterocycles. The molecule has 0 bridgehead atoms. The third-order valence-electron chi connectivity index (χ3n) is 3.01. The number of aliphatic hydroxyl groups is 1. The molecule has 0 saturated heterocycles. The number of aliphatic hydroxyl groups excluding tert-OH is 1. The normalized spacial score (nSPS) is 11.0. The first-order valence-corrected chi connectivity index (χ1v) is 6.08. The van der Waals surface area contributed by atoms with Gasteiger partial charge in [-0.25, -0.2) is 0 Å². The van der Waals surface area contributed by atoms with Gasteiger partial charge in [0, 0.05) is 24.2 Å². The lowest BCUT2D eigenvalue weighted by Gasteiger charge is -2.11. The van der Waals surface area contributed by atoms with Gasteiger partial charge >= 0.3 is 0 Å². The molecule has 1 aromatic heterocycles. The number of ether oxygens (including phenoxy) is 1. The van der Waals surface area contributed by atoms with E-state index >= 15 is 0 Å². The quantitative estimate of drug-likeness (QED) is 0.806. The summed E-state index contributed by atoms with van der Waals surface area (Å²) in [6, 6.07) is 5.99. The van der Waals surface area contributed by atoms with Gasteiger partial charge in [-0.15, -0.1) is 0 Å². The number of hydrogen-bond donors (Lipinski definition) is 1. The van der Waals surface area contributed by atoms with Gasteiger partial charge in [0.05, 0.1) is 18.7 Å². The number of hydrogen-bond acceptors (Lipinski definition) is 2. The van der Waals surface area contributed by atoms with E-state index in [0.717, 1.165) is 35.1 Å². The van der Waals surface area contributed by atoms with Crippen molar-refractivity contribution in [2.45, 2.75) is 26.4 Å². The molecule has 92 valence electrons. The van der Waals surface area contributed by atoms with Gasteiger partial charge in [0.25, 0.3) is 0 Å². The van der Waals surface area contributed by atoms with Crippen molar-refractivity contribution in [3.05, 3.63) is 30.0 Å². The van der Waals surface area contributed by atoms with Gasteiger partial charge in [0.15, 0.2) is 0 Å². The topological polar surface area (TPSA) is 34.4 Å². The van der Waals surface area contributed by atoms with Crippen LogP contribution >= 0.6 is 0 Å². The number of fused-ring (bicyclic) bond motifs is 1. The zero-order chi connectivity index (χ0) is 12.3. The first kappa shape index (κ1) is 12.0. The number of aryl methyl sites for hydroxylation is 1. The van der Waals surface area contributed by atoms with E-state index in [4.69, 9.17) is 4.74 Å². The molecule has 3 nitrogen and oxygen atoms in total. The monoisotopic (exact) mass is 233 g/mol. The van der Waals surface area contributed by atoms with Crippen LogP contribution in [-0.4, -0.2) is 16.3 Å². The summed E-state index contributed by atoms with van der Waals surface area (Å²) in [7, 11) is 2.01. The van der Waals surface area contributed by atoms with E-state index in [1.807, 2.05) is 31.4 Å². The molecule has 0 unspecified atom stereocenters. The van der Waals surface area contributed by atoms with Crippen LogP contribution in [0.15, 0.2) is 24.4 Å². The van der Waals surface area contributed by atoms with Gasteiger partial charge in [0.1, 0.15) is 5.75 Å². The van der Waals surface area contributed by atoms with Crippen LogP contribution in [0.2, 0.25) is 0 Å². The van der Waals surface area contributed by atoms with Crippen LogP contribution in [0.5, 0.6) is 5.75 Å². The van der Waals surface area contributed by atoms with Crippen molar-refractivity contribution >= 4 is 10.9 Å². The van der Waals surface area contributed by atoms with Crippen molar-refractivity contribution in [1.29, 1.82) is 0 Å². The summed E-state index contributed by atoms with van der Waals surface area (Å²) in [5, 5.41) is 10.4. The van der Waals surface area contributed by atoms with Gasteiger partial charge in [-0.05, 0) is 18.6 Å². The Balaban J connectivity index is 2.40. The van der Waals surface area contributed by atoms with Crippen LogP contribution in [0.25, 0.3) is 10.9 Å². The molecule has 0 radical (unpaired) electrons. The highest BCUT2D eigenvalue weighted by Crippen LogP contribution is 2.30. The fraction of sp³-hybridized carbons (Fsp3) is 0.429. The fourth-order valence-electron chi connectivity index (χ4n) is 1.98. The Morgan fingerprint density at radius 1 is 1.29 bits per heavy atom. The first-order valence-electron chi connectivity index (χ1n) is 6.08. The molecule has 1 heterocycles. The lowest BCUT2D eigenvalue weighted by molar-refractivity contribution is 0.262. The molecule has 0 fully saturated rings. The lowest BCUT2D eigenvalue weighted by Crippen LogP contribution is -2.00. The third kappa shape index (κ3) is 2.29. The second-order valence-electron chi connectivity index (χ2n) is 4.27. The van der Waals surface area contributed by atoms with Crippen LogP contribution in [0, 0.1) is 0 Å². The SMILES string of the molecule is CCCCOc1c(CO)ccc2c1ccn2C. The number of rotatable bonds is 5. The molecule has 1 aromatic carbocycles. The fourth-order valence-corrected chi connectivity index (χ4v) is 1.98. The van der Waals surface area contributed by atoms with Crippen molar-refractivity contribution < 1.29 is 9.84 Å². The van der Waals surface area contributed by atoms with Gasteiger partial charge < -0.3 is 14.4 Å². The van der Waals surface area contributed by atoms with Gasteiger partial charge in [0.2, 0.25) is 0 Å². The molecule has 1 N–H and O–H groups in total. The van der Waals surface area contributed by atoms with E-state index in [9.17, 15) is 5.11 Å². The van der Waals surface area contributed by atoms with E-state index in [-0.39, 0.29) is 6.61 Å². The lowest BCUT2D eigenvalue weighted by atomic mass is 10.1. The van der Waals surface area contributed by atoms with Crippen LogP contribution < -0.4 is 4.74 Å². The molecular formula is C14H19NO2. The van der Waals surface area contributed by atoms with E-state index in [1.165, 1.54) is 0 Å². The molecular weight excluding hydrogens is 214 g/mol. The summed E-state index contributed by atoms with van der Waals surface area (Å²) < 4.78 is 7.88. The Labute approximate surface area is 102 Å². The van der Waals surface area contributed by atoms with E-state index in [1.54, 1.807) is 0 Å². The Kier molecular flexibility index (Phi) is 3.69. The third-order valence-corrected chi connectivity index (χ3v) is 3.01. The minimum Gasteiger partial charge on any atom is -0.493 e. The molecule has 17 heavy (non-hydrogen) atoms. The number of nitrogens with zero attached hydrogens (tertiary/aromatic N) is 1. The average Bonchev–Trinajstić information content (AvgIpc) is 2.72. The Morgan fingerprint density at radius 3 is 2.82 bits per heavy atom. The summed E-state index contributed by atoms with van der Waals surface area (Å²) in [6.45, 7) is 2.86. The minimum atomic E-state index is 0.0201. The molecule has 0 atom stereocenters. The summed E-state index contributed by atoms with van der Waals surface area (Å²) in [5.74, 6) is 0.832. The van der Waals surface area contributed by atoms with Crippen molar-refractivity contribution in [1.82, 2.24) is 4.57 Å². The zero-order valence-corrected chi connectivity index (χ0v) is 10.4. The molecule has 0 aliphatic carbocycles. The zero-order valence-electron chi connectivity index (χ0n) is 10.4. The van der Waals surface area contributed by atoms with E-state index in [2.05, 4.69) is 11.5 Å². The Hall–Kier alpha value is -1.48. The van der Waals surface area contributed by atoms with Gasteiger partial charge in [-0.3, -0.25) is 0 Å². The summed E-state index contributed by atoms with van der Waals surface area (Å²) in [5.41, 5.74) is 1.99. The molecule has 0 amide bonds. The summed E-state index contributed by atoms with van der Waals surface area (Å²) >= 11 is 0. The predicted molar refractivity (Wildman–Crippen MR) is 69.2 cm³/mol. The first-order chi connectivity index (χ1) is 8.27. The number of unbranched alkanes of at least 4 members (excludes halogenated alkanes) is 1. The molecule has 0 saturated carbocycles. The van der Waals surface area contributed by atoms with Gasteiger partial charge in [-0.2, -0.15) is 0 Å². The average molecular weight is 233 g/mol. The van der Waals surface area contributed by atoms with Crippen LogP contribution in [0.1, 0.15) is 25.3 Å². The van der Waals surface area contributed by atoms with Crippen LogP contribution in [0.3, 0.4) is 0 Å². The van der Waals surface area contributed by atoms with Crippen LogP contribution in [0.4, 0.5) is 0 Å². The number of aromatic nitrogens is 1. The Morgan fingerprint density at radius 2 is 2.12 bits per heavy atom. The van der Waals surface area contributed by atoms with Crippen molar-refractivity contribution in [2.24, 2.45) is 7.05 Å². The Bertz CT molecular complexity index is 502. The number of benzene rings is 1. The second-order valence-corrected chi connectivity index (χ2v) is 4.27. The maximum atomic E-state index is 9.35. The van der Waals surface area contributed by atoms with Crippen LogP contribution in [-0.2, 0) is 13.7 Å².